The molecule has 142 valence electrons. The monoisotopic (exact) mass is 356 g/mol. The Morgan fingerprint density at radius 3 is 2.25 bits per heavy atom. The van der Waals surface area contributed by atoms with Gasteiger partial charge in [0.25, 0.3) is 0 Å². The summed E-state index contributed by atoms with van der Waals surface area (Å²) in [5.74, 6) is 0. The maximum atomic E-state index is 3.82. The van der Waals surface area contributed by atoms with Crippen molar-refractivity contribution in [2.24, 2.45) is 0 Å². The molecule has 2 atom stereocenters. The van der Waals surface area contributed by atoms with Crippen LogP contribution < -0.4 is 10.6 Å². The summed E-state index contributed by atoms with van der Waals surface area (Å²) >= 11 is 1.97. The molecule has 0 saturated carbocycles. The van der Waals surface area contributed by atoms with Gasteiger partial charge in [-0.1, -0.05) is 0 Å². The minimum Gasteiger partial charge on any atom is -0.314 e. The van der Waals surface area contributed by atoms with Crippen LogP contribution in [0.3, 0.4) is 0 Å². The molecule has 24 heavy (non-hydrogen) atoms. The molecule has 0 bridgehead atoms. The fraction of sp³-hybridized carbons (Fsp3) is 1.00. The maximum Gasteiger partial charge on any atom is 0.0525 e. The molecule has 4 nitrogen and oxygen atoms in total. The zero-order chi connectivity index (χ0) is 17.6. The lowest BCUT2D eigenvalue weighted by Gasteiger charge is -2.42. The second kappa shape index (κ2) is 9.77. The van der Waals surface area contributed by atoms with E-state index in [1.54, 1.807) is 0 Å². The normalized spacial score (nSPS) is 26.4. The molecular weight excluding hydrogens is 316 g/mol. The third kappa shape index (κ3) is 5.87. The molecule has 2 rings (SSSR count). The van der Waals surface area contributed by atoms with Gasteiger partial charge in [-0.15, -0.1) is 11.8 Å². The fourth-order valence-corrected chi connectivity index (χ4v) is 4.51. The van der Waals surface area contributed by atoms with Gasteiger partial charge in [-0.05, 0) is 72.7 Å². The van der Waals surface area contributed by atoms with Gasteiger partial charge in [-0.3, -0.25) is 4.90 Å². The predicted octanol–water partition coefficient (Wildman–Crippen LogP) is 2.60. The Morgan fingerprint density at radius 1 is 1.08 bits per heavy atom. The molecule has 0 spiro atoms. The number of nitrogens with zero attached hydrogens (tertiary/aromatic N) is 2. The minimum absolute atomic E-state index is 0.357. The summed E-state index contributed by atoms with van der Waals surface area (Å²) < 4.78 is 0. The molecule has 2 aliphatic rings. The van der Waals surface area contributed by atoms with Crippen molar-refractivity contribution in [2.75, 3.05) is 46.0 Å². The molecule has 2 fully saturated rings. The second-order valence-electron chi connectivity index (χ2n) is 8.08. The van der Waals surface area contributed by atoms with E-state index < -0.39 is 0 Å². The third-order valence-electron chi connectivity index (χ3n) is 6.51. The Kier molecular flexibility index (Phi) is 8.34. The quantitative estimate of drug-likeness (QED) is 0.698. The van der Waals surface area contributed by atoms with Crippen LogP contribution in [0.15, 0.2) is 0 Å². The first-order valence-electron chi connectivity index (χ1n) is 9.90. The highest BCUT2D eigenvalue weighted by atomic mass is 32.2. The third-order valence-corrected chi connectivity index (χ3v) is 7.49. The largest absolute Gasteiger partial charge is 0.314 e. The first kappa shape index (κ1) is 20.5. The summed E-state index contributed by atoms with van der Waals surface area (Å²) in [7, 11) is 2.11. The van der Waals surface area contributed by atoms with Gasteiger partial charge in [0.05, 0.1) is 5.37 Å². The number of likely N-dealkylation sites (tertiary alicyclic amines) is 2. The number of rotatable bonds is 8. The van der Waals surface area contributed by atoms with Gasteiger partial charge >= 0.3 is 0 Å². The molecule has 0 aromatic carbocycles. The maximum absolute atomic E-state index is 3.82. The Hall–Kier alpha value is 0.190. The van der Waals surface area contributed by atoms with Crippen LogP contribution in [0.4, 0.5) is 0 Å². The van der Waals surface area contributed by atoms with Gasteiger partial charge in [-0.2, -0.15) is 0 Å². The van der Waals surface area contributed by atoms with Crippen LogP contribution in [0.2, 0.25) is 0 Å². The van der Waals surface area contributed by atoms with Gasteiger partial charge in [0.15, 0.2) is 0 Å². The van der Waals surface area contributed by atoms with Crippen LogP contribution in [-0.2, 0) is 0 Å². The van der Waals surface area contributed by atoms with Crippen LogP contribution in [0.1, 0.15) is 52.9 Å². The molecule has 2 heterocycles. The average Bonchev–Trinajstić information content (AvgIpc) is 2.62. The molecule has 0 aromatic rings. The SMILES string of the molecule is CNC1(C)CCN(C(C)CCNC2CCN(C(C)SC)CC2)CC1. The molecule has 0 aromatic heterocycles. The summed E-state index contributed by atoms with van der Waals surface area (Å²) in [5.41, 5.74) is 0.357. The lowest BCUT2D eigenvalue weighted by Crippen LogP contribution is -2.52. The van der Waals surface area contributed by atoms with Gasteiger partial charge in [0, 0.05) is 43.8 Å². The molecule has 2 unspecified atom stereocenters. The zero-order valence-electron chi connectivity index (χ0n) is 16.6. The van der Waals surface area contributed by atoms with E-state index in [2.05, 4.69) is 54.5 Å². The van der Waals surface area contributed by atoms with Crippen LogP contribution in [-0.4, -0.2) is 78.8 Å². The molecule has 2 N–H and O–H groups in total. The summed E-state index contributed by atoms with van der Waals surface area (Å²) in [5, 5.41) is 8.00. The highest BCUT2D eigenvalue weighted by Gasteiger charge is 2.30. The Bertz CT molecular complexity index is 349. The van der Waals surface area contributed by atoms with E-state index in [1.807, 2.05) is 11.8 Å². The summed E-state index contributed by atoms with van der Waals surface area (Å²) in [6.45, 7) is 13.3. The predicted molar refractivity (Wildman–Crippen MR) is 108 cm³/mol. The fourth-order valence-electron chi connectivity index (χ4n) is 4.00. The Morgan fingerprint density at radius 2 is 1.71 bits per heavy atom. The zero-order valence-corrected chi connectivity index (χ0v) is 17.4. The van der Waals surface area contributed by atoms with Gasteiger partial charge in [0.1, 0.15) is 0 Å². The number of thioether (sulfide) groups is 1. The smallest absolute Gasteiger partial charge is 0.0525 e. The number of hydrogen-bond acceptors (Lipinski definition) is 5. The summed E-state index contributed by atoms with van der Waals surface area (Å²) in [4.78, 5) is 5.31. The molecule has 0 aliphatic carbocycles. The molecule has 0 amide bonds. The molecule has 2 saturated heterocycles. The van der Waals surface area contributed by atoms with Gasteiger partial charge in [0.2, 0.25) is 0 Å². The van der Waals surface area contributed by atoms with Crippen molar-refractivity contribution < 1.29 is 0 Å². The van der Waals surface area contributed by atoms with E-state index in [0.29, 0.717) is 17.0 Å². The molecule has 2 aliphatic heterocycles. The Balaban J connectivity index is 1.59. The number of piperidine rings is 2. The van der Waals surface area contributed by atoms with Crippen molar-refractivity contribution in [3.63, 3.8) is 0 Å². The van der Waals surface area contributed by atoms with Crippen molar-refractivity contribution in [1.29, 1.82) is 0 Å². The molecular formula is C19H40N4S. The van der Waals surface area contributed by atoms with Crippen LogP contribution in [0, 0.1) is 0 Å². The number of hydrogen-bond donors (Lipinski definition) is 2. The van der Waals surface area contributed by atoms with Gasteiger partial charge in [-0.25, -0.2) is 0 Å². The highest BCUT2D eigenvalue weighted by molar-refractivity contribution is 7.99. The molecule has 0 radical (unpaired) electrons. The first-order valence-corrected chi connectivity index (χ1v) is 11.2. The Labute approximate surface area is 154 Å². The van der Waals surface area contributed by atoms with E-state index in [4.69, 9.17) is 0 Å². The summed E-state index contributed by atoms with van der Waals surface area (Å²) in [6.07, 6.45) is 8.65. The lowest BCUT2D eigenvalue weighted by atomic mass is 9.89. The van der Waals surface area contributed by atoms with Crippen molar-refractivity contribution in [3.8, 4) is 0 Å². The summed E-state index contributed by atoms with van der Waals surface area (Å²) in [6, 6.07) is 1.44. The standard InChI is InChI=1S/C19H40N4S/c1-16(22-14-9-19(3,20-4)10-15-22)6-11-21-18-7-12-23(13-8-18)17(2)24-5/h16-18,20-21H,6-15H2,1-5H3. The van der Waals surface area contributed by atoms with Crippen LogP contribution in [0.5, 0.6) is 0 Å². The average molecular weight is 357 g/mol. The highest BCUT2D eigenvalue weighted by Crippen LogP contribution is 2.23. The van der Waals surface area contributed by atoms with E-state index in [0.717, 1.165) is 6.04 Å². The first-order chi connectivity index (χ1) is 11.5. The lowest BCUT2D eigenvalue weighted by molar-refractivity contribution is 0.111. The molecule has 5 heteroatoms. The van der Waals surface area contributed by atoms with Crippen molar-refractivity contribution >= 4 is 11.8 Å². The van der Waals surface area contributed by atoms with Crippen molar-refractivity contribution in [3.05, 3.63) is 0 Å². The number of nitrogens with one attached hydrogen (secondary N) is 2. The van der Waals surface area contributed by atoms with Crippen molar-refractivity contribution in [1.82, 2.24) is 20.4 Å². The van der Waals surface area contributed by atoms with Crippen LogP contribution in [0.25, 0.3) is 0 Å². The van der Waals surface area contributed by atoms with Gasteiger partial charge < -0.3 is 15.5 Å². The van der Waals surface area contributed by atoms with Crippen molar-refractivity contribution in [2.45, 2.75) is 75.9 Å². The van der Waals surface area contributed by atoms with E-state index in [-0.39, 0.29) is 0 Å². The minimum atomic E-state index is 0.357. The topological polar surface area (TPSA) is 30.5 Å². The van der Waals surface area contributed by atoms with E-state index in [1.165, 1.54) is 64.8 Å². The second-order valence-corrected chi connectivity index (χ2v) is 9.24. The van der Waals surface area contributed by atoms with Crippen LogP contribution >= 0.6 is 11.8 Å². The van der Waals surface area contributed by atoms with E-state index >= 15 is 0 Å². The van der Waals surface area contributed by atoms with E-state index in [9.17, 15) is 0 Å².